The van der Waals surface area contributed by atoms with Crippen LogP contribution in [0.1, 0.15) is 35.3 Å². The van der Waals surface area contributed by atoms with Gasteiger partial charge in [0.25, 0.3) is 0 Å². The number of methoxy groups -OCH3 is 1. The average molecular weight is 273 g/mol. The molecule has 1 fully saturated rings. The van der Waals surface area contributed by atoms with Gasteiger partial charge in [0.05, 0.1) is 12.1 Å². The van der Waals surface area contributed by atoms with Crippen LogP contribution in [0, 0.1) is 6.92 Å². The number of ether oxygens (including phenoxy) is 1. The quantitative estimate of drug-likeness (QED) is 0.923. The third-order valence-electron chi connectivity index (χ3n) is 3.65. The summed E-state index contributed by atoms with van der Waals surface area (Å²) in [6, 6.07) is 8.47. The van der Waals surface area contributed by atoms with Crippen LogP contribution in [0.2, 0.25) is 0 Å². The molecule has 2 unspecified atom stereocenters. The van der Waals surface area contributed by atoms with Gasteiger partial charge in [-0.1, -0.05) is 35.0 Å². The Morgan fingerprint density at radius 3 is 3.10 bits per heavy atom. The molecular weight excluding hydrogens is 254 g/mol. The molecule has 0 spiro atoms. The van der Waals surface area contributed by atoms with Crippen LogP contribution in [0.3, 0.4) is 0 Å². The normalized spacial score (nSPS) is 22.3. The fourth-order valence-electron chi connectivity index (χ4n) is 2.56. The molecule has 20 heavy (non-hydrogen) atoms. The Bertz CT molecular complexity index is 582. The van der Waals surface area contributed by atoms with Gasteiger partial charge in [0, 0.05) is 20.1 Å². The van der Waals surface area contributed by atoms with Crippen molar-refractivity contribution in [1.29, 1.82) is 0 Å². The number of aryl methyl sites for hydroxylation is 1. The summed E-state index contributed by atoms with van der Waals surface area (Å²) in [4.78, 5) is 4.49. The molecule has 0 radical (unpaired) electrons. The number of hydrogen-bond donors (Lipinski definition) is 1. The van der Waals surface area contributed by atoms with Crippen molar-refractivity contribution >= 4 is 0 Å². The summed E-state index contributed by atoms with van der Waals surface area (Å²) in [5.41, 5.74) is 2.44. The van der Waals surface area contributed by atoms with Crippen molar-refractivity contribution in [1.82, 2.24) is 15.5 Å². The molecule has 1 aliphatic rings. The minimum Gasteiger partial charge on any atom is -0.380 e. The molecular formula is C15H19N3O2. The van der Waals surface area contributed by atoms with Gasteiger partial charge in [-0.3, -0.25) is 0 Å². The van der Waals surface area contributed by atoms with Crippen LogP contribution < -0.4 is 5.32 Å². The molecule has 1 N–H and O–H groups in total. The van der Waals surface area contributed by atoms with Crippen LogP contribution >= 0.6 is 0 Å². The molecule has 5 heteroatoms. The van der Waals surface area contributed by atoms with E-state index in [4.69, 9.17) is 9.26 Å². The molecule has 2 atom stereocenters. The summed E-state index contributed by atoms with van der Waals surface area (Å²) < 4.78 is 10.7. The first-order chi connectivity index (χ1) is 9.74. The van der Waals surface area contributed by atoms with Crippen molar-refractivity contribution in [2.45, 2.75) is 31.9 Å². The number of rotatable bonds is 4. The third-order valence-corrected chi connectivity index (χ3v) is 3.65. The number of nitrogens with zero attached hydrogens (tertiary/aromatic N) is 2. The Balaban J connectivity index is 1.68. The second-order valence-electron chi connectivity index (χ2n) is 5.27. The largest absolute Gasteiger partial charge is 0.380 e. The highest BCUT2D eigenvalue weighted by Crippen LogP contribution is 2.23. The topological polar surface area (TPSA) is 60.2 Å². The Labute approximate surface area is 118 Å². The molecule has 0 saturated carbocycles. The van der Waals surface area contributed by atoms with E-state index >= 15 is 0 Å². The van der Waals surface area contributed by atoms with Crippen LogP contribution in [-0.2, 0) is 11.2 Å². The summed E-state index contributed by atoms with van der Waals surface area (Å²) in [6.45, 7) is 2.91. The van der Waals surface area contributed by atoms with Crippen molar-refractivity contribution in [2.24, 2.45) is 0 Å². The molecule has 106 valence electrons. The number of hydrogen-bond acceptors (Lipinski definition) is 5. The van der Waals surface area contributed by atoms with Gasteiger partial charge in [-0.05, 0) is 18.9 Å². The highest BCUT2D eigenvalue weighted by atomic mass is 16.5. The van der Waals surface area contributed by atoms with Crippen LogP contribution in [0.4, 0.5) is 0 Å². The second-order valence-corrected chi connectivity index (χ2v) is 5.27. The maximum absolute atomic E-state index is 5.36. The fourth-order valence-corrected chi connectivity index (χ4v) is 2.56. The maximum Gasteiger partial charge on any atom is 0.243 e. The van der Waals surface area contributed by atoms with Crippen LogP contribution in [0.15, 0.2) is 28.8 Å². The number of aromatic nitrogens is 2. The highest BCUT2D eigenvalue weighted by Gasteiger charge is 2.29. The van der Waals surface area contributed by atoms with E-state index in [0.29, 0.717) is 12.3 Å². The monoisotopic (exact) mass is 273 g/mol. The van der Waals surface area contributed by atoms with E-state index < -0.39 is 0 Å². The zero-order valence-electron chi connectivity index (χ0n) is 11.8. The first-order valence-corrected chi connectivity index (χ1v) is 6.89. The molecule has 2 heterocycles. The lowest BCUT2D eigenvalue weighted by atomic mass is 10.1. The predicted octanol–water partition coefficient (Wildman–Crippen LogP) is 2.02. The van der Waals surface area contributed by atoms with Crippen molar-refractivity contribution in [3.63, 3.8) is 0 Å². The standard InChI is InChI=1S/C15H19N3O2/c1-10-4-3-5-11(6-10)7-14-17-15(20-18-14)13-8-12(19-2)9-16-13/h3-6,12-13,16H,7-9H2,1-2H3. The molecule has 0 aliphatic carbocycles. The molecule has 5 nitrogen and oxygen atoms in total. The van der Waals surface area contributed by atoms with E-state index in [1.165, 1.54) is 11.1 Å². The van der Waals surface area contributed by atoms with Crippen LogP contribution in [0.25, 0.3) is 0 Å². The second kappa shape index (κ2) is 5.73. The molecule has 3 rings (SSSR count). The zero-order valence-corrected chi connectivity index (χ0v) is 11.8. The Morgan fingerprint density at radius 2 is 2.35 bits per heavy atom. The van der Waals surface area contributed by atoms with E-state index in [-0.39, 0.29) is 12.1 Å². The lowest BCUT2D eigenvalue weighted by molar-refractivity contribution is 0.116. The molecule has 1 saturated heterocycles. The summed E-state index contributed by atoms with van der Waals surface area (Å²) in [6.07, 6.45) is 1.81. The molecule has 0 amide bonds. The van der Waals surface area contributed by atoms with Crippen LogP contribution in [-0.4, -0.2) is 29.9 Å². The Kier molecular flexibility index (Phi) is 3.80. The van der Waals surface area contributed by atoms with Gasteiger partial charge in [-0.2, -0.15) is 4.98 Å². The van der Waals surface area contributed by atoms with E-state index in [1.54, 1.807) is 7.11 Å². The van der Waals surface area contributed by atoms with E-state index in [0.717, 1.165) is 18.8 Å². The predicted molar refractivity (Wildman–Crippen MR) is 74.4 cm³/mol. The first kappa shape index (κ1) is 13.3. The van der Waals surface area contributed by atoms with Crippen molar-refractivity contribution in [3.8, 4) is 0 Å². The third kappa shape index (κ3) is 2.89. The van der Waals surface area contributed by atoms with Crippen molar-refractivity contribution in [2.75, 3.05) is 13.7 Å². The molecule has 2 aromatic rings. The fraction of sp³-hybridized carbons (Fsp3) is 0.467. The van der Waals surface area contributed by atoms with Crippen molar-refractivity contribution < 1.29 is 9.26 Å². The zero-order chi connectivity index (χ0) is 13.9. The van der Waals surface area contributed by atoms with E-state index in [1.807, 2.05) is 6.07 Å². The smallest absolute Gasteiger partial charge is 0.243 e. The highest BCUT2D eigenvalue weighted by molar-refractivity contribution is 5.24. The van der Waals surface area contributed by atoms with Gasteiger partial charge in [-0.15, -0.1) is 0 Å². The van der Waals surface area contributed by atoms with Gasteiger partial charge >= 0.3 is 0 Å². The summed E-state index contributed by atoms with van der Waals surface area (Å²) >= 11 is 0. The Morgan fingerprint density at radius 1 is 1.45 bits per heavy atom. The van der Waals surface area contributed by atoms with E-state index in [2.05, 4.69) is 40.6 Å². The average Bonchev–Trinajstić information content (AvgIpc) is 3.07. The molecule has 0 bridgehead atoms. The van der Waals surface area contributed by atoms with Gasteiger partial charge in [0.15, 0.2) is 5.82 Å². The Hall–Kier alpha value is -1.72. The summed E-state index contributed by atoms with van der Waals surface area (Å²) in [5.74, 6) is 1.39. The van der Waals surface area contributed by atoms with E-state index in [9.17, 15) is 0 Å². The van der Waals surface area contributed by atoms with Gasteiger partial charge in [-0.25, -0.2) is 0 Å². The molecule has 1 aliphatic heterocycles. The SMILES string of the molecule is COC1CNC(c2nc(Cc3cccc(C)c3)no2)C1. The van der Waals surface area contributed by atoms with Gasteiger partial charge in [0.1, 0.15) is 0 Å². The first-order valence-electron chi connectivity index (χ1n) is 6.89. The minimum atomic E-state index is 0.110. The van der Waals surface area contributed by atoms with Gasteiger partial charge in [0.2, 0.25) is 5.89 Å². The van der Waals surface area contributed by atoms with Crippen LogP contribution in [0.5, 0.6) is 0 Å². The summed E-state index contributed by atoms with van der Waals surface area (Å²) in [5, 5.41) is 7.41. The summed E-state index contributed by atoms with van der Waals surface area (Å²) in [7, 11) is 1.73. The minimum absolute atomic E-state index is 0.110. The maximum atomic E-state index is 5.36. The molecule has 1 aromatic carbocycles. The lowest BCUT2D eigenvalue weighted by Gasteiger charge is -2.04. The number of nitrogens with one attached hydrogen (secondary N) is 1. The molecule has 1 aromatic heterocycles. The van der Waals surface area contributed by atoms with Crippen molar-refractivity contribution in [3.05, 3.63) is 47.1 Å². The number of benzene rings is 1. The van der Waals surface area contributed by atoms with Gasteiger partial charge < -0.3 is 14.6 Å². The lowest BCUT2D eigenvalue weighted by Crippen LogP contribution is -2.16.